The average Bonchev–Trinajstić information content (AvgIpc) is 3.16. The molecule has 1 aromatic heterocycles. The average molecular weight is 449 g/mol. The van der Waals surface area contributed by atoms with Gasteiger partial charge in [-0.1, -0.05) is 23.4 Å². The van der Waals surface area contributed by atoms with Gasteiger partial charge in [0.2, 0.25) is 5.91 Å². The predicted molar refractivity (Wildman–Crippen MR) is 119 cm³/mol. The Morgan fingerprint density at radius 1 is 1.11 bits per heavy atom. The second kappa shape index (κ2) is 10.6. The van der Waals surface area contributed by atoms with Gasteiger partial charge in [0.25, 0.3) is 0 Å². The summed E-state index contributed by atoms with van der Waals surface area (Å²) in [6.45, 7) is 0. The van der Waals surface area contributed by atoms with Crippen molar-refractivity contribution in [1.82, 2.24) is 5.43 Å². The van der Waals surface area contributed by atoms with Crippen LogP contribution >= 0.6 is 46.5 Å². The highest BCUT2D eigenvalue weighted by molar-refractivity contribution is 8.01. The van der Waals surface area contributed by atoms with E-state index in [-0.39, 0.29) is 5.91 Å². The molecule has 0 fully saturated rings. The summed E-state index contributed by atoms with van der Waals surface area (Å²) in [5.74, 6) is 0.943. The minimum absolute atomic E-state index is 0.149. The van der Waals surface area contributed by atoms with Crippen molar-refractivity contribution in [2.24, 2.45) is 5.10 Å². The first kappa shape index (κ1) is 20.8. The van der Waals surface area contributed by atoms with E-state index in [0.717, 1.165) is 29.6 Å². The molecule has 0 atom stereocenters. The van der Waals surface area contributed by atoms with E-state index >= 15 is 0 Å². The number of carbonyl (C=O) groups excluding carboxylic acids is 1. The molecule has 0 radical (unpaired) electrons. The van der Waals surface area contributed by atoms with Crippen LogP contribution in [0.15, 0.2) is 79.8 Å². The molecule has 0 bridgehead atoms. The maximum absolute atomic E-state index is 11.9. The van der Waals surface area contributed by atoms with E-state index < -0.39 is 0 Å². The van der Waals surface area contributed by atoms with Crippen LogP contribution in [-0.2, 0) is 4.79 Å². The van der Waals surface area contributed by atoms with Gasteiger partial charge in [0.15, 0.2) is 0 Å². The fourth-order valence-corrected chi connectivity index (χ4v) is 4.91. The number of halogens is 1. The quantitative estimate of drug-likeness (QED) is 0.268. The molecule has 8 heteroatoms. The van der Waals surface area contributed by atoms with Gasteiger partial charge in [0, 0.05) is 19.7 Å². The van der Waals surface area contributed by atoms with Crippen LogP contribution in [0.5, 0.6) is 5.75 Å². The summed E-state index contributed by atoms with van der Waals surface area (Å²) in [5.41, 5.74) is 2.56. The molecule has 0 aliphatic carbocycles. The second-order valence-corrected chi connectivity index (χ2v) is 9.44. The largest absolute Gasteiger partial charge is 0.497 e. The lowest BCUT2D eigenvalue weighted by Gasteiger charge is -2.02. The number of hydrogen-bond donors (Lipinski definition) is 1. The monoisotopic (exact) mass is 448 g/mol. The zero-order chi connectivity index (χ0) is 19.8. The van der Waals surface area contributed by atoms with Crippen molar-refractivity contribution >= 4 is 58.6 Å². The van der Waals surface area contributed by atoms with Gasteiger partial charge >= 0.3 is 0 Å². The third-order valence-electron chi connectivity index (χ3n) is 3.44. The molecule has 4 nitrogen and oxygen atoms in total. The summed E-state index contributed by atoms with van der Waals surface area (Å²) < 4.78 is 6.26. The first-order valence-corrected chi connectivity index (χ1v) is 11.2. The van der Waals surface area contributed by atoms with Gasteiger partial charge in [-0.05, 0) is 60.7 Å². The van der Waals surface area contributed by atoms with Crippen LogP contribution in [-0.4, -0.2) is 25.0 Å². The fraction of sp³-hybridized carbons (Fsp3) is 0.100. The van der Waals surface area contributed by atoms with Crippen molar-refractivity contribution in [3.05, 3.63) is 70.6 Å². The number of nitrogens with zero attached hydrogens (tertiary/aromatic N) is 1. The van der Waals surface area contributed by atoms with Gasteiger partial charge < -0.3 is 4.74 Å². The number of benzene rings is 2. The van der Waals surface area contributed by atoms with Crippen molar-refractivity contribution in [2.45, 2.75) is 14.0 Å². The van der Waals surface area contributed by atoms with Crippen LogP contribution in [0.4, 0.5) is 0 Å². The Bertz CT molecular complexity index is 941. The van der Waals surface area contributed by atoms with Crippen molar-refractivity contribution < 1.29 is 9.53 Å². The Morgan fingerprint density at radius 2 is 1.82 bits per heavy atom. The van der Waals surface area contributed by atoms with Gasteiger partial charge in [-0.15, -0.1) is 23.1 Å². The number of thioether (sulfide) groups is 1. The van der Waals surface area contributed by atoms with Crippen LogP contribution < -0.4 is 10.2 Å². The molecule has 0 saturated heterocycles. The lowest BCUT2D eigenvalue weighted by atomic mass is 10.3. The van der Waals surface area contributed by atoms with Crippen molar-refractivity contribution in [1.29, 1.82) is 0 Å². The number of hydrazone groups is 1. The minimum Gasteiger partial charge on any atom is -0.497 e. The molecule has 3 aromatic rings. The molecular weight excluding hydrogens is 432 g/mol. The number of amides is 1. The number of ether oxygens (including phenoxy) is 1. The Balaban J connectivity index is 1.44. The van der Waals surface area contributed by atoms with Crippen molar-refractivity contribution in [3.63, 3.8) is 0 Å². The molecule has 0 aliphatic heterocycles. The van der Waals surface area contributed by atoms with E-state index in [1.807, 2.05) is 60.7 Å². The molecule has 0 saturated carbocycles. The normalized spacial score (nSPS) is 10.9. The number of methoxy groups -OCH3 is 1. The summed E-state index contributed by atoms with van der Waals surface area (Å²) in [6.07, 6.45) is 1.66. The molecule has 0 unspecified atom stereocenters. The number of rotatable bonds is 8. The van der Waals surface area contributed by atoms with Crippen LogP contribution in [0.3, 0.4) is 0 Å². The van der Waals surface area contributed by atoms with Crippen molar-refractivity contribution in [3.8, 4) is 5.75 Å². The molecule has 0 aliphatic rings. The lowest BCUT2D eigenvalue weighted by Crippen LogP contribution is -2.19. The van der Waals surface area contributed by atoms with E-state index in [9.17, 15) is 4.79 Å². The Hall–Kier alpha value is -1.93. The molecule has 1 heterocycles. The van der Waals surface area contributed by atoms with Crippen LogP contribution in [0.1, 0.15) is 4.88 Å². The third-order valence-corrected chi connectivity index (χ3v) is 6.87. The smallest absolute Gasteiger partial charge is 0.250 e. The minimum atomic E-state index is -0.149. The maximum Gasteiger partial charge on any atom is 0.250 e. The van der Waals surface area contributed by atoms with Crippen LogP contribution in [0.25, 0.3) is 0 Å². The highest BCUT2D eigenvalue weighted by Gasteiger charge is 2.04. The van der Waals surface area contributed by atoms with Gasteiger partial charge in [-0.2, -0.15) is 5.10 Å². The number of carbonyl (C=O) groups is 1. The SMILES string of the molecule is COc1ccc(SCC(=O)N/N=C/c2ccc(Sc3ccc(Cl)cc3)s2)cc1. The Kier molecular flexibility index (Phi) is 7.85. The summed E-state index contributed by atoms with van der Waals surface area (Å²) in [4.78, 5) is 15.0. The Labute approximate surface area is 181 Å². The van der Waals surface area contributed by atoms with Gasteiger partial charge in [-0.25, -0.2) is 5.43 Å². The molecule has 3 rings (SSSR count). The lowest BCUT2D eigenvalue weighted by molar-refractivity contribution is -0.118. The summed E-state index contributed by atoms with van der Waals surface area (Å²) in [6, 6.07) is 19.3. The number of hydrogen-bond acceptors (Lipinski definition) is 6. The van der Waals surface area contributed by atoms with Crippen LogP contribution in [0, 0.1) is 0 Å². The molecule has 144 valence electrons. The Morgan fingerprint density at radius 3 is 2.54 bits per heavy atom. The zero-order valence-corrected chi connectivity index (χ0v) is 18.1. The molecule has 1 N–H and O–H groups in total. The molecule has 28 heavy (non-hydrogen) atoms. The molecule has 0 spiro atoms. The third kappa shape index (κ3) is 6.60. The standard InChI is InChI=1S/C20H17ClN2O2S3/c1-25-15-4-8-16(9-5-15)26-13-19(24)23-22-12-18-10-11-20(28-18)27-17-6-2-14(21)3-7-17/h2-12H,13H2,1H3,(H,23,24)/b22-12+. The van der Waals surface area contributed by atoms with Crippen molar-refractivity contribution in [2.75, 3.05) is 12.9 Å². The van der Waals surface area contributed by atoms with E-state index in [0.29, 0.717) is 5.75 Å². The van der Waals surface area contributed by atoms with E-state index in [4.69, 9.17) is 16.3 Å². The van der Waals surface area contributed by atoms with Gasteiger partial charge in [-0.3, -0.25) is 4.79 Å². The number of nitrogens with one attached hydrogen (secondary N) is 1. The van der Waals surface area contributed by atoms with Crippen LogP contribution in [0.2, 0.25) is 5.02 Å². The van der Waals surface area contributed by atoms with E-state index in [2.05, 4.69) is 10.5 Å². The topological polar surface area (TPSA) is 50.7 Å². The summed E-state index contributed by atoms with van der Waals surface area (Å²) in [7, 11) is 1.63. The fourth-order valence-electron chi connectivity index (χ4n) is 2.10. The molecule has 2 aromatic carbocycles. The highest BCUT2D eigenvalue weighted by atomic mass is 35.5. The van der Waals surface area contributed by atoms with E-state index in [1.165, 1.54) is 11.8 Å². The van der Waals surface area contributed by atoms with Gasteiger partial charge in [0.1, 0.15) is 5.75 Å². The first-order valence-electron chi connectivity index (χ1n) is 8.24. The van der Waals surface area contributed by atoms with Gasteiger partial charge in [0.05, 0.1) is 23.3 Å². The maximum atomic E-state index is 11.9. The van der Waals surface area contributed by atoms with E-state index in [1.54, 1.807) is 36.4 Å². The zero-order valence-electron chi connectivity index (χ0n) is 14.9. The number of thiophene rings is 1. The summed E-state index contributed by atoms with van der Waals surface area (Å²) in [5, 5.41) is 4.77. The second-order valence-electron chi connectivity index (χ2n) is 5.47. The first-order chi connectivity index (χ1) is 13.6. The summed E-state index contributed by atoms with van der Waals surface area (Å²) >= 11 is 10.6. The molecule has 1 amide bonds. The highest BCUT2D eigenvalue weighted by Crippen LogP contribution is 2.33. The predicted octanol–water partition coefficient (Wildman–Crippen LogP) is 5.80. The molecular formula is C20H17ClN2O2S3.